The smallest absolute Gasteiger partial charge is 0.344 e. The molecule has 0 fully saturated rings. The highest BCUT2D eigenvalue weighted by Gasteiger charge is 2.26. The van der Waals surface area contributed by atoms with E-state index in [9.17, 15) is 4.79 Å². The summed E-state index contributed by atoms with van der Waals surface area (Å²) < 4.78 is 11.1. The molecule has 2 heterocycles. The van der Waals surface area contributed by atoms with Gasteiger partial charge in [0.15, 0.2) is 0 Å². The zero-order valence-corrected chi connectivity index (χ0v) is 14.2. The van der Waals surface area contributed by atoms with Gasteiger partial charge in [-0.15, -0.1) is 0 Å². The van der Waals surface area contributed by atoms with Crippen LogP contribution in [0.25, 0.3) is 27.3 Å². The SMILES string of the molecule is COc1cccc2oc(=O)c3c4c(ccc3c12)NC(C)(C)C=C4C. The Morgan fingerprint density at radius 3 is 2.67 bits per heavy atom. The van der Waals surface area contributed by atoms with Crippen molar-refractivity contribution in [3.05, 3.63) is 52.4 Å². The molecule has 0 bridgehead atoms. The average Bonchev–Trinajstić information content (AvgIpc) is 2.52. The molecule has 0 spiro atoms. The Kier molecular flexibility index (Phi) is 3.01. The Morgan fingerprint density at radius 1 is 1.12 bits per heavy atom. The molecule has 0 amide bonds. The van der Waals surface area contributed by atoms with Gasteiger partial charge in [0, 0.05) is 16.6 Å². The van der Waals surface area contributed by atoms with Gasteiger partial charge in [-0.25, -0.2) is 4.79 Å². The second kappa shape index (κ2) is 4.87. The minimum absolute atomic E-state index is 0.153. The molecule has 0 saturated heterocycles. The van der Waals surface area contributed by atoms with E-state index in [0.29, 0.717) is 16.7 Å². The molecular formula is C20H19NO3. The minimum atomic E-state index is -0.322. The predicted molar refractivity (Wildman–Crippen MR) is 97.9 cm³/mol. The molecule has 1 N–H and O–H groups in total. The first-order valence-corrected chi connectivity index (χ1v) is 7.96. The van der Waals surface area contributed by atoms with Gasteiger partial charge in [0.1, 0.15) is 11.3 Å². The third-order valence-corrected chi connectivity index (χ3v) is 4.52. The van der Waals surface area contributed by atoms with Crippen molar-refractivity contribution in [3.8, 4) is 5.75 Å². The van der Waals surface area contributed by atoms with E-state index in [1.807, 2.05) is 31.2 Å². The molecule has 0 saturated carbocycles. The Bertz CT molecular complexity index is 1070. The van der Waals surface area contributed by atoms with E-state index >= 15 is 0 Å². The summed E-state index contributed by atoms with van der Waals surface area (Å²) in [5, 5.41) is 5.76. The fourth-order valence-corrected chi connectivity index (χ4v) is 3.72. The average molecular weight is 321 g/mol. The van der Waals surface area contributed by atoms with Crippen LogP contribution in [0.5, 0.6) is 5.75 Å². The van der Waals surface area contributed by atoms with Gasteiger partial charge in [0.05, 0.1) is 23.4 Å². The summed E-state index contributed by atoms with van der Waals surface area (Å²) in [5.41, 5.74) is 3.00. The van der Waals surface area contributed by atoms with Gasteiger partial charge in [-0.2, -0.15) is 0 Å². The standard InChI is InChI=1S/C20H19NO3/c1-11-10-20(2,3)21-13-9-8-12-17-14(23-4)6-5-7-15(17)24-19(22)18(12)16(11)13/h5-10,21H,1-4H3. The van der Waals surface area contributed by atoms with Crippen molar-refractivity contribution in [2.24, 2.45) is 0 Å². The lowest BCUT2D eigenvalue weighted by Gasteiger charge is -2.32. The summed E-state index contributed by atoms with van der Waals surface area (Å²) >= 11 is 0. The molecule has 4 nitrogen and oxygen atoms in total. The molecule has 1 aliphatic heterocycles. The van der Waals surface area contributed by atoms with Crippen molar-refractivity contribution in [1.82, 2.24) is 0 Å². The van der Waals surface area contributed by atoms with E-state index in [0.717, 1.165) is 27.6 Å². The Labute approximate surface area is 139 Å². The van der Waals surface area contributed by atoms with Crippen LogP contribution in [0.4, 0.5) is 5.69 Å². The van der Waals surface area contributed by atoms with Crippen molar-refractivity contribution in [1.29, 1.82) is 0 Å². The summed E-state index contributed by atoms with van der Waals surface area (Å²) in [6.07, 6.45) is 2.14. The van der Waals surface area contributed by atoms with Gasteiger partial charge >= 0.3 is 5.63 Å². The van der Waals surface area contributed by atoms with Crippen molar-refractivity contribution >= 4 is 33.0 Å². The van der Waals surface area contributed by atoms with Gasteiger partial charge in [-0.05, 0) is 44.5 Å². The second-order valence-corrected chi connectivity index (χ2v) is 6.81. The van der Waals surface area contributed by atoms with Crippen LogP contribution in [-0.2, 0) is 0 Å². The summed E-state index contributed by atoms with van der Waals surface area (Å²) in [6.45, 7) is 6.25. The van der Waals surface area contributed by atoms with Crippen LogP contribution in [0.15, 0.2) is 45.6 Å². The highest BCUT2D eigenvalue weighted by Crippen LogP contribution is 2.40. The van der Waals surface area contributed by atoms with E-state index in [2.05, 4.69) is 25.2 Å². The van der Waals surface area contributed by atoms with E-state index in [1.54, 1.807) is 13.2 Å². The topological polar surface area (TPSA) is 51.5 Å². The number of ether oxygens (including phenoxy) is 1. The highest BCUT2D eigenvalue weighted by molar-refractivity contribution is 6.12. The molecule has 0 unspecified atom stereocenters. The van der Waals surface area contributed by atoms with E-state index in [1.165, 1.54) is 0 Å². The molecule has 2 aromatic carbocycles. The van der Waals surface area contributed by atoms with Crippen molar-refractivity contribution < 1.29 is 9.15 Å². The van der Waals surface area contributed by atoms with Crippen LogP contribution >= 0.6 is 0 Å². The fraction of sp³-hybridized carbons (Fsp3) is 0.250. The van der Waals surface area contributed by atoms with Crippen molar-refractivity contribution in [2.75, 3.05) is 12.4 Å². The molecule has 0 aliphatic carbocycles. The lowest BCUT2D eigenvalue weighted by molar-refractivity contribution is 0.419. The lowest BCUT2D eigenvalue weighted by Crippen LogP contribution is -2.31. The van der Waals surface area contributed by atoms with Crippen molar-refractivity contribution in [2.45, 2.75) is 26.3 Å². The Hall–Kier alpha value is -2.75. The summed E-state index contributed by atoms with van der Waals surface area (Å²) in [5.74, 6) is 0.701. The molecular weight excluding hydrogens is 302 g/mol. The fourth-order valence-electron chi connectivity index (χ4n) is 3.72. The molecule has 0 radical (unpaired) electrons. The molecule has 122 valence electrons. The molecule has 1 aromatic heterocycles. The molecule has 1 aliphatic rings. The van der Waals surface area contributed by atoms with Gasteiger partial charge in [0.25, 0.3) is 0 Å². The molecule has 4 heteroatoms. The normalized spacial score (nSPS) is 15.8. The molecule has 3 aromatic rings. The van der Waals surface area contributed by atoms with Crippen LogP contribution in [0, 0.1) is 0 Å². The Balaban J connectivity index is 2.21. The van der Waals surface area contributed by atoms with E-state index < -0.39 is 0 Å². The minimum Gasteiger partial charge on any atom is -0.496 e. The monoisotopic (exact) mass is 321 g/mol. The summed E-state index contributed by atoms with van der Waals surface area (Å²) in [4.78, 5) is 12.7. The number of methoxy groups -OCH3 is 1. The third-order valence-electron chi connectivity index (χ3n) is 4.52. The van der Waals surface area contributed by atoms with Gasteiger partial charge in [0.2, 0.25) is 0 Å². The van der Waals surface area contributed by atoms with Gasteiger partial charge in [-0.1, -0.05) is 18.2 Å². The maximum atomic E-state index is 12.7. The third kappa shape index (κ3) is 2.03. The number of hydrogen-bond acceptors (Lipinski definition) is 4. The predicted octanol–water partition coefficient (Wildman–Crippen LogP) is 4.56. The molecule has 24 heavy (non-hydrogen) atoms. The number of anilines is 1. The second-order valence-electron chi connectivity index (χ2n) is 6.81. The lowest BCUT2D eigenvalue weighted by atomic mass is 9.88. The zero-order chi connectivity index (χ0) is 17.1. The first kappa shape index (κ1) is 14.8. The largest absolute Gasteiger partial charge is 0.496 e. The van der Waals surface area contributed by atoms with Gasteiger partial charge < -0.3 is 14.5 Å². The number of nitrogens with one attached hydrogen (secondary N) is 1. The highest BCUT2D eigenvalue weighted by atomic mass is 16.5. The van der Waals surface area contributed by atoms with E-state index in [-0.39, 0.29) is 11.2 Å². The molecule has 0 atom stereocenters. The Morgan fingerprint density at radius 2 is 1.92 bits per heavy atom. The number of allylic oxidation sites excluding steroid dienone is 1. The van der Waals surface area contributed by atoms with Crippen LogP contribution in [-0.4, -0.2) is 12.6 Å². The van der Waals surface area contributed by atoms with E-state index in [4.69, 9.17) is 9.15 Å². The number of benzene rings is 2. The molecule has 4 rings (SSSR count). The first-order chi connectivity index (χ1) is 11.4. The maximum absolute atomic E-state index is 12.7. The number of fused-ring (bicyclic) bond motifs is 5. The van der Waals surface area contributed by atoms with Gasteiger partial charge in [-0.3, -0.25) is 0 Å². The quantitative estimate of drug-likeness (QED) is 0.527. The van der Waals surface area contributed by atoms with Crippen molar-refractivity contribution in [3.63, 3.8) is 0 Å². The summed E-state index contributed by atoms with van der Waals surface area (Å²) in [7, 11) is 1.62. The number of hydrogen-bond donors (Lipinski definition) is 1. The zero-order valence-electron chi connectivity index (χ0n) is 14.2. The maximum Gasteiger partial charge on any atom is 0.344 e. The van der Waals surface area contributed by atoms with Crippen LogP contribution in [0.1, 0.15) is 26.3 Å². The summed E-state index contributed by atoms with van der Waals surface area (Å²) in [6, 6.07) is 9.50. The van der Waals surface area contributed by atoms with Crippen LogP contribution in [0.2, 0.25) is 0 Å². The number of rotatable bonds is 1. The van der Waals surface area contributed by atoms with Crippen LogP contribution < -0.4 is 15.7 Å². The van der Waals surface area contributed by atoms with Crippen LogP contribution in [0.3, 0.4) is 0 Å². The first-order valence-electron chi connectivity index (χ1n) is 7.96.